The number of aryl methyl sites for hydroxylation is 1. The van der Waals surface area contributed by atoms with Crippen LogP contribution in [0.15, 0.2) is 42.6 Å². The number of carboxylic acid groups (broad SMARTS) is 1. The van der Waals surface area contributed by atoms with Gasteiger partial charge < -0.3 is 20.1 Å². The monoisotopic (exact) mass is 331 g/mol. The highest BCUT2D eigenvalue weighted by molar-refractivity contribution is 5.72. The summed E-state index contributed by atoms with van der Waals surface area (Å²) in [5.74, 6) is -0.701. The molecule has 0 radical (unpaired) electrons. The van der Waals surface area contributed by atoms with Crippen LogP contribution in [0, 0.1) is 0 Å². The van der Waals surface area contributed by atoms with Gasteiger partial charge in [-0.15, -0.1) is 0 Å². The van der Waals surface area contributed by atoms with E-state index in [1.165, 1.54) is 0 Å². The molecule has 3 N–H and O–H groups in total. The highest BCUT2D eigenvalue weighted by Gasteiger charge is 2.14. The summed E-state index contributed by atoms with van der Waals surface area (Å²) >= 11 is 0. The van der Waals surface area contributed by atoms with Gasteiger partial charge in [-0.1, -0.05) is 25.1 Å². The summed E-state index contributed by atoms with van der Waals surface area (Å²) in [4.78, 5) is 14.8. The van der Waals surface area contributed by atoms with Crippen LogP contribution in [0.5, 0.6) is 5.75 Å². The van der Waals surface area contributed by atoms with Crippen LogP contribution in [0.3, 0.4) is 0 Å². The van der Waals surface area contributed by atoms with E-state index < -0.39 is 18.2 Å². The number of benzene rings is 1. The van der Waals surface area contributed by atoms with Gasteiger partial charge in [0.2, 0.25) is 0 Å². The maximum absolute atomic E-state index is 10.6. The molecule has 6 heteroatoms. The summed E-state index contributed by atoms with van der Waals surface area (Å²) in [5, 5.41) is 28.1. The average molecular weight is 331 g/mol. The van der Waals surface area contributed by atoms with E-state index in [0.717, 1.165) is 12.0 Å². The number of carbonyl (C=O) groups is 1. The third-order valence-corrected chi connectivity index (χ3v) is 3.64. The van der Waals surface area contributed by atoms with Crippen molar-refractivity contribution >= 4 is 5.97 Å². The number of aliphatic carboxylic acids is 1. The first-order chi connectivity index (χ1) is 11.5. The molecule has 0 aliphatic rings. The highest BCUT2D eigenvalue weighted by Crippen LogP contribution is 2.17. The van der Waals surface area contributed by atoms with E-state index in [1.54, 1.807) is 36.5 Å². The van der Waals surface area contributed by atoms with E-state index in [1.807, 2.05) is 13.0 Å². The molecular formula is C18H21NO5. The van der Waals surface area contributed by atoms with Gasteiger partial charge in [0, 0.05) is 12.6 Å². The lowest BCUT2D eigenvalue weighted by Gasteiger charge is -2.13. The molecule has 2 atom stereocenters. The predicted octanol–water partition coefficient (Wildman–Crippen LogP) is 1.74. The first kappa shape index (κ1) is 17.9. The van der Waals surface area contributed by atoms with Crippen molar-refractivity contribution < 1.29 is 24.9 Å². The second-order valence-corrected chi connectivity index (χ2v) is 5.47. The zero-order chi connectivity index (χ0) is 17.5. The maximum Gasteiger partial charge on any atom is 0.332 e. The maximum atomic E-state index is 10.6. The van der Waals surface area contributed by atoms with Gasteiger partial charge in [0.05, 0.1) is 5.69 Å². The van der Waals surface area contributed by atoms with Crippen molar-refractivity contribution in [2.24, 2.45) is 0 Å². The van der Waals surface area contributed by atoms with Crippen LogP contribution in [-0.2, 0) is 17.6 Å². The molecule has 1 aromatic carbocycles. The van der Waals surface area contributed by atoms with Gasteiger partial charge in [-0.3, -0.25) is 4.98 Å². The van der Waals surface area contributed by atoms with Crippen molar-refractivity contribution in [2.75, 3.05) is 6.61 Å². The van der Waals surface area contributed by atoms with Crippen LogP contribution in [0.2, 0.25) is 0 Å². The molecule has 2 unspecified atom stereocenters. The zero-order valence-corrected chi connectivity index (χ0v) is 13.4. The van der Waals surface area contributed by atoms with Crippen LogP contribution in [0.25, 0.3) is 0 Å². The molecule has 0 saturated heterocycles. The minimum Gasteiger partial charge on any atom is -0.490 e. The fraction of sp³-hybridized carbons (Fsp3) is 0.333. The summed E-state index contributed by atoms with van der Waals surface area (Å²) in [6.45, 7) is 2.10. The van der Waals surface area contributed by atoms with E-state index in [0.29, 0.717) is 17.0 Å². The quantitative estimate of drug-likeness (QED) is 0.681. The van der Waals surface area contributed by atoms with Gasteiger partial charge in [-0.05, 0) is 35.7 Å². The summed E-state index contributed by atoms with van der Waals surface area (Å²) in [5.41, 5.74) is 2.34. The first-order valence-electron chi connectivity index (χ1n) is 7.75. The van der Waals surface area contributed by atoms with Gasteiger partial charge in [0.25, 0.3) is 0 Å². The smallest absolute Gasteiger partial charge is 0.332 e. The predicted molar refractivity (Wildman–Crippen MR) is 87.9 cm³/mol. The zero-order valence-electron chi connectivity index (χ0n) is 13.4. The highest BCUT2D eigenvalue weighted by atomic mass is 16.5. The Morgan fingerprint density at radius 2 is 1.79 bits per heavy atom. The lowest BCUT2D eigenvalue weighted by atomic mass is 10.1. The molecule has 0 amide bonds. The van der Waals surface area contributed by atoms with E-state index in [-0.39, 0.29) is 13.0 Å². The van der Waals surface area contributed by atoms with Crippen molar-refractivity contribution in [3.63, 3.8) is 0 Å². The molecule has 2 aromatic rings. The number of ether oxygens (including phenoxy) is 1. The Morgan fingerprint density at radius 3 is 2.33 bits per heavy atom. The van der Waals surface area contributed by atoms with E-state index >= 15 is 0 Å². The van der Waals surface area contributed by atoms with Gasteiger partial charge >= 0.3 is 5.97 Å². The molecule has 24 heavy (non-hydrogen) atoms. The Morgan fingerprint density at radius 1 is 1.12 bits per heavy atom. The third-order valence-electron chi connectivity index (χ3n) is 3.64. The minimum atomic E-state index is -1.42. The molecule has 1 aromatic heterocycles. The topological polar surface area (TPSA) is 99.9 Å². The molecule has 0 aliphatic heterocycles. The van der Waals surface area contributed by atoms with Crippen molar-refractivity contribution in [2.45, 2.75) is 32.0 Å². The fourth-order valence-corrected chi connectivity index (χ4v) is 2.14. The van der Waals surface area contributed by atoms with Crippen molar-refractivity contribution in [3.8, 4) is 5.75 Å². The molecule has 2 rings (SSSR count). The molecule has 1 heterocycles. The van der Waals surface area contributed by atoms with Gasteiger partial charge in [-0.25, -0.2) is 4.79 Å². The molecular weight excluding hydrogens is 310 g/mol. The summed E-state index contributed by atoms with van der Waals surface area (Å²) in [6, 6.07) is 10.4. The van der Waals surface area contributed by atoms with Crippen LogP contribution in [0.1, 0.15) is 29.8 Å². The van der Waals surface area contributed by atoms with E-state index in [9.17, 15) is 15.0 Å². The second kappa shape index (κ2) is 8.42. The van der Waals surface area contributed by atoms with Crippen molar-refractivity contribution in [3.05, 3.63) is 59.4 Å². The molecule has 0 fully saturated rings. The largest absolute Gasteiger partial charge is 0.490 e. The Labute approximate surface area is 140 Å². The second-order valence-electron chi connectivity index (χ2n) is 5.47. The number of aromatic nitrogens is 1. The molecule has 6 nitrogen and oxygen atoms in total. The number of nitrogens with zero attached hydrogens (tertiary/aromatic N) is 1. The van der Waals surface area contributed by atoms with Crippen LogP contribution < -0.4 is 4.74 Å². The van der Waals surface area contributed by atoms with Crippen LogP contribution in [-0.4, -0.2) is 39.0 Å². The molecule has 0 saturated carbocycles. The number of hydrogen-bond acceptors (Lipinski definition) is 5. The standard InChI is InChI=1S/C18H21NO5/c1-2-12-5-8-15(19-10-12)17(21)11-24-14-6-3-13(4-7-14)9-16(20)18(22)23/h3-8,10,16-17,20-21H,2,9,11H2,1H3,(H,22,23). The fourth-order valence-electron chi connectivity index (χ4n) is 2.14. The molecule has 0 aliphatic carbocycles. The number of pyridine rings is 1. The van der Waals surface area contributed by atoms with E-state index in [2.05, 4.69) is 4.98 Å². The van der Waals surface area contributed by atoms with Gasteiger partial charge in [-0.2, -0.15) is 0 Å². The number of rotatable bonds is 8. The minimum absolute atomic E-state index is 0.0337. The lowest BCUT2D eigenvalue weighted by molar-refractivity contribution is -0.146. The SMILES string of the molecule is CCc1ccc(C(O)COc2ccc(CC(O)C(=O)O)cc2)nc1. The lowest BCUT2D eigenvalue weighted by Crippen LogP contribution is -2.21. The Kier molecular flexibility index (Phi) is 6.28. The van der Waals surface area contributed by atoms with Gasteiger partial charge in [0.1, 0.15) is 18.5 Å². The summed E-state index contributed by atoms with van der Waals surface area (Å²) < 4.78 is 5.52. The first-order valence-corrected chi connectivity index (χ1v) is 7.75. The summed E-state index contributed by atoms with van der Waals surface area (Å²) in [7, 11) is 0. The average Bonchev–Trinajstić information content (AvgIpc) is 2.60. The Bertz CT molecular complexity index is 654. The summed E-state index contributed by atoms with van der Waals surface area (Å²) in [6.07, 6.45) is 0.413. The van der Waals surface area contributed by atoms with Crippen molar-refractivity contribution in [1.29, 1.82) is 0 Å². The van der Waals surface area contributed by atoms with Crippen LogP contribution in [0.4, 0.5) is 0 Å². The number of aliphatic hydroxyl groups excluding tert-OH is 2. The number of hydrogen-bond donors (Lipinski definition) is 3. The van der Waals surface area contributed by atoms with Crippen LogP contribution >= 0.6 is 0 Å². The molecule has 0 spiro atoms. The normalized spacial score (nSPS) is 13.3. The van der Waals surface area contributed by atoms with Crippen molar-refractivity contribution in [1.82, 2.24) is 4.98 Å². The molecule has 128 valence electrons. The van der Waals surface area contributed by atoms with E-state index in [4.69, 9.17) is 9.84 Å². The Balaban J connectivity index is 1.88. The number of carboxylic acids is 1. The van der Waals surface area contributed by atoms with Gasteiger partial charge in [0.15, 0.2) is 6.10 Å². The number of aliphatic hydroxyl groups is 2. The third kappa shape index (κ3) is 5.04. The molecule has 0 bridgehead atoms. The Hall–Kier alpha value is -2.44.